The Morgan fingerprint density at radius 1 is 1.53 bits per heavy atom. The van der Waals surface area contributed by atoms with Crippen LogP contribution in [0.15, 0.2) is 22.7 Å². The van der Waals surface area contributed by atoms with Gasteiger partial charge >= 0.3 is 0 Å². The molecule has 0 spiro atoms. The van der Waals surface area contributed by atoms with E-state index in [9.17, 15) is 0 Å². The summed E-state index contributed by atoms with van der Waals surface area (Å²) in [5.41, 5.74) is 7.25. The van der Waals surface area contributed by atoms with E-state index in [0.29, 0.717) is 17.8 Å². The molecule has 3 unspecified atom stereocenters. The highest BCUT2D eigenvalue weighted by Crippen LogP contribution is 2.35. The first-order valence-electron chi connectivity index (χ1n) is 6.57. The van der Waals surface area contributed by atoms with E-state index in [1.807, 2.05) is 30.0 Å². The van der Waals surface area contributed by atoms with Crippen LogP contribution in [0.4, 0.5) is 0 Å². The molecule has 0 radical (unpaired) electrons. The van der Waals surface area contributed by atoms with E-state index in [1.165, 1.54) is 11.3 Å². The van der Waals surface area contributed by atoms with Crippen LogP contribution in [0, 0.1) is 0 Å². The third-order valence-corrected chi connectivity index (χ3v) is 6.17. The predicted octanol–water partition coefficient (Wildman–Crippen LogP) is 3.93. The lowest BCUT2D eigenvalue weighted by atomic mass is 10.0. The van der Waals surface area contributed by atoms with Crippen LogP contribution in [-0.2, 0) is 0 Å². The molecule has 106 valence electrons. The van der Waals surface area contributed by atoms with Crippen molar-refractivity contribution in [2.24, 2.45) is 5.73 Å². The third-order valence-electron chi connectivity index (χ3n) is 3.87. The zero-order valence-electron chi connectivity index (χ0n) is 11.3. The second kappa shape index (κ2) is 6.81. The number of rotatable bonds is 3. The smallest absolute Gasteiger partial charge is 0.0485 e. The Balaban J connectivity index is 2.30. The summed E-state index contributed by atoms with van der Waals surface area (Å²) in [5, 5.41) is 1.41. The van der Waals surface area contributed by atoms with Crippen molar-refractivity contribution in [2.45, 2.75) is 31.2 Å². The maximum Gasteiger partial charge on any atom is 0.0485 e. The quantitative estimate of drug-likeness (QED) is 0.882. The summed E-state index contributed by atoms with van der Waals surface area (Å²) in [6.45, 7) is 6.28. The number of nitrogens with zero attached hydrogens (tertiary/aromatic N) is 1. The fourth-order valence-corrected chi connectivity index (χ4v) is 4.42. The summed E-state index contributed by atoms with van der Waals surface area (Å²) < 4.78 is 1.09. The van der Waals surface area contributed by atoms with Gasteiger partial charge in [0.15, 0.2) is 0 Å². The van der Waals surface area contributed by atoms with Gasteiger partial charge in [0.25, 0.3) is 0 Å². The molecule has 1 aromatic rings. The number of nitrogens with two attached hydrogens (primary N) is 1. The van der Waals surface area contributed by atoms with E-state index in [4.69, 9.17) is 17.3 Å². The lowest BCUT2D eigenvalue weighted by molar-refractivity contribution is 0.150. The number of hydrogen-bond donors (Lipinski definition) is 1. The molecule has 1 fully saturated rings. The van der Waals surface area contributed by atoms with Gasteiger partial charge in [-0.2, -0.15) is 11.8 Å². The first kappa shape index (κ1) is 15.6. The normalized spacial score (nSPS) is 26.4. The van der Waals surface area contributed by atoms with Crippen molar-refractivity contribution in [1.29, 1.82) is 0 Å². The van der Waals surface area contributed by atoms with Crippen molar-refractivity contribution < 1.29 is 0 Å². The molecule has 5 heteroatoms. The summed E-state index contributed by atoms with van der Waals surface area (Å²) in [6.07, 6.45) is 0. The van der Waals surface area contributed by atoms with Crippen LogP contribution in [0.25, 0.3) is 0 Å². The monoisotopic (exact) mass is 362 g/mol. The molecule has 2 N–H and O–H groups in total. The molecular formula is C14H20BrClN2S. The molecule has 0 saturated carbocycles. The Kier molecular flexibility index (Phi) is 5.61. The standard InChI is InChI=1S/C14H20BrClN2S/c1-9-10(2)19-6-5-18(9)14(8-17)12-7-11(16)3-4-13(12)15/h3-4,7,9-10,14H,5-6,8,17H2,1-2H3. The number of halogens is 2. The largest absolute Gasteiger partial charge is 0.329 e. The second-order valence-corrected chi connectivity index (χ2v) is 7.75. The van der Waals surface area contributed by atoms with E-state index in [-0.39, 0.29) is 6.04 Å². The maximum atomic E-state index is 6.14. The summed E-state index contributed by atoms with van der Waals surface area (Å²) >= 11 is 11.8. The molecule has 1 aromatic carbocycles. The summed E-state index contributed by atoms with van der Waals surface area (Å²) in [6, 6.07) is 6.69. The van der Waals surface area contributed by atoms with Crippen molar-refractivity contribution in [3.63, 3.8) is 0 Å². The molecule has 2 rings (SSSR count). The number of thioether (sulfide) groups is 1. The van der Waals surface area contributed by atoms with E-state index in [1.54, 1.807) is 0 Å². The lowest BCUT2D eigenvalue weighted by Gasteiger charge is -2.42. The van der Waals surface area contributed by atoms with Gasteiger partial charge in [0.2, 0.25) is 0 Å². The van der Waals surface area contributed by atoms with Crippen molar-refractivity contribution in [2.75, 3.05) is 18.8 Å². The Morgan fingerprint density at radius 3 is 2.95 bits per heavy atom. The van der Waals surface area contributed by atoms with Crippen LogP contribution in [-0.4, -0.2) is 35.0 Å². The van der Waals surface area contributed by atoms with E-state index in [2.05, 4.69) is 34.7 Å². The highest BCUT2D eigenvalue weighted by molar-refractivity contribution is 9.10. The number of benzene rings is 1. The van der Waals surface area contributed by atoms with Gasteiger partial charge in [0.05, 0.1) is 0 Å². The highest BCUT2D eigenvalue weighted by atomic mass is 79.9. The molecule has 1 aliphatic heterocycles. The minimum absolute atomic E-state index is 0.228. The molecule has 1 saturated heterocycles. The maximum absolute atomic E-state index is 6.14. The molecule has 19 heavy (non-hydrogen) atoms. The van der Waals surface area contributed by atoms with Crippen LogP contribution in [0.2, 0.25) is 5.02 Å². The summed E-state index contributed by atoms with van der Waals surface area (Å²) in [5.74, 6) is 1.17. The Morgan fingerprint density at radius 2 is 2.26 bits per heavy atom. The van der Waals surface area contributed by atoms with Crippen LogP contribution >= 0.6 is 39.3 Å². The Bertz CT molecular complexity index is 443. The molecule has 1 aliphatic rings. The zero-order chi connectivity index (χ0) is 14.0. The summed E-state index contributed by atoms with van der Waals surface area (Å²) in [4.78, 5) is 2.51. The third kappa shape index (κ3) is 3.48. The molecule has 3 atom stereocenters. The van der Waals surface area contributed by atoms with E-state index >= 15 is 0 Å². The van der Waals surface area contributed by atoms with E-state index in [0.717, 1.165) is 16.0 Å². The minimum Gasteiger partial charge on any atom is -0.329 e. The van der Waals surface area contributed by atoms with Gasteiger partial charge in [0.1, 0.15) is 0 Å². The fourth-order valence-electron chi connectivity index (χ4n) is 2.61. The minimum atomic E-state index is 0.228. The SMILES string of the molecule is CC1SCCN(C(CN)c2cc(Cl)ccc2Br)C1C. The Hall–Kier alpha value is 0.260. The first-order chi connectivity index (χ1) is 9.04. The van der Waals surface area contributed by atoms with E-state index < -0.39 is 0 Å². The number of hydrogen-bond acceptors (Lipinski definition) is 3. The Labute approximate surface area is 133 Å². The molecule has 0 aromatic heterocycles. The molecule has 1 heterocycles. The van der Waals surface area contributed by atoms with Crippen molar-refractivity contribution in [1.82, 2.24) is 4.90 Å². The predicted molar refractivity (Wildman–Crippen MR) is 89.0 cm³/mol. The van der Waals surface area contributed by atoms with Crippen LogP contribution in [0.3, 0.4) is 0 Å². The van der Waals surface area contributed by atoms with Crippen LogP contribution < -0.4 is 5.73 Å². The van der Waals surface area contributed by atoms with Crippen molar-refractivity contribution in [3.8, 4) is 0 Å². The van der Waals surface area contributed by atoms with Crippen molar-refractivity contribution in [3.05, 3.63) is 33.3 Å². The van der Waals surface area contributed by atoms with Crippen LogP contribution in [0.1, 0.15) is 25.5 Å². The zero-order valence-corrected chi connectivity index (χ0v) is 14.4. The molecular weight excluding hydrogens is 344 g/mol. The topological polar surface area (TPSA) is 29.3 Å². The van der Waals surface area contributed by atoms with Gasteiger partial charge < -0.3 is 5.73 Å². The average molecular weight is 364 g/mol. The molecule has 2 nitrogen and oxygen atoms in total. The summed E-state index contributed by atoms with van der Waals surface area (Å²) in [7, 11) is 0. The molecule has 0 amide bonds. The molecule has 0 bridgehead atoms. The molecule has 0 aliphatic carbocycles. The van der Waals surface area contributed by atoms with Gasteiger partial charge in [-0.15, -0.1) is 0 Å². The first-order valence-corrected chi connectivity index (χ1v) is 8.79. The van der Waals surface area contributed by atoms with Gasteiger partial charge in [-0.3, -0.25) is 4.90 Å². The lowest BCUT2D eigenvalue weighted by Crippen LogP contribution is -2.48. The van der Waals surface area contributed by atoms with Crippen molar-refractivity contribution >= 4 is 39.3 Å². The highest BCUT2D eigenvalue weighted by Gasteiger charge is 2.31. The van der Waals surface area contributed by atoms with Gasteiger partial charge in [0, 0.05) is 45.7 Å². The van der Waals surface area contributed by atoms with Gasteiger partial charge in [-0.1, -0.05) is 34.5 Å². The van der Waals surface area contributed by atoms with Gasteiger partial charge in [-0.05, 0) is 30.7 Å². The van der Waals surface area contributed by atoms with Crippen LogP contribution in [0.5, 0.6) is 0 Å². The second-order valence-electron chi connectivity index (χ2n) is 4.97. The van der Waals surface area contributed by atoms with Gasteiger partial charge in [-0.25, -0.2) is 0 Å². The average Bonchev–Trinajstić information content (AvgIpc) is 2.39. The fraction of sp³-hybridized carbons (Fsp3) is 0.571.